The van der Waals surface area contributed by atoms with Crippen molar-refractivity contribution in [2.45, 2.75) is 26.7 Å². The summed E-state index contributed by atoms with van der Waals surface area (Å²) in [4.78, 5) is 24.6. The maximum Gasteiger partial charge on any atom is 0.294 e. The topological polar surface area (TPSA) is 89.5 Å². The summed E-state index contributed by atoms with van der Waals surface area (Å²) in [7, 11) is 0. The molecule has 0 unspecified atom stereocenters. The van der Waals surface area contributed by atoms with Crippen molar-refractivity contribution in [1.82, 2.24) is 4.90 Å². The first-order valence-electron chi connectivity index (χ1n) is 6.74. The van der Waals surface area contributed by atoms with Gasteiger partial charge in [-0.15, -0.1) is 0 Å². The number of carbonyl (C=O) groups is 1. The van der Waals surface area contributed by atoms with E-state index in [0.29, 0.717) is 13.1 Å². The number of nitrogens with two attached hydrogens (primary N) is 1. The summed E-state index contributed by atoms with van der Waals surface area (Å²) in [5, 5.41) is 11.0. The fourth-order valence-corrected chi connectivity index (χ4v) is 2.87. The number of nitro benzene ring substituents is 1. The van der Waals surface area contributed by atoms with E-state index in [9.17, 15) is 14.9 Å². The molecule has 0 radical (unpaired) electrons. The van der Waals surface area contributed by atoms with Crippen LogP contribution in [0, 0.1) is 15.5 Å². The number of rotatable bonds is 2. The summed E-state index contributed by atoms with van der Waals surface area (Å²) < 4.78 is 0. The Morgan fingerprint density at radius 3 is 2.71 bits per heavy atom. The Kier molecular flexibility index (Phi) is 4.09. The molecule has 0 aromatic heterocycles. The number of piperidine rings is 1. The van der Waals surface area contributed by atoms with Crippen molar-refractivity contribution in [3.05, 3.63) is 32.8 Å². The summed E-state index contributed by atoms with van der Waals surface area (Å²) in [6.07, 6.45) is 1.98. The summed E-state index contributed by atoms with van der Waals surface area (Å²) in [5.41, 5.74) is 5.39. The zero-order valence-electron chi connectivity index (χ0n) is 12.1. The van der Waals surface area contributed by atoms with Gasteiger partial charge in [0.25, 0.3) is 11.6 Å². The van der Waals surface area contributed by atoms with E-state index in [1.807, 2.05) is 0 Å². The SMILES string of the molecule is CC1(C)CCCN(C(=O)c2cc(Cl)c(N)c([N+](=O)[O-])c2)C1. The highest BCUT2D eigenvalue weighted by Gasteiger charge is 2.30. The molecule has 0 aliphatic carbocycles. The Labute approximate surface area is 128 Å². The van der Waals surface area contributed by atoms with Crippen molar-refractivity contribution in [3.8, 4) is 0 Å². The molecule has 21 heavy (non-hydrogen) atoms. The summed E-state index contributed by atoms with van der Waals surface area (Å²) in [6, 6.07) is 2.60. The molecule has 2 rings (SSSR count). The lowest BCUT2D eigenvalue weighted by Crippen LogP contribution is -2.43. The van der Waals surface area contributed by atoms with Gasteiger partial charge >= 0.3 is 0 Å². The molecule has 1 heterocycles. The fraction of sp³-hybridized carbons (Fsp3) is 0.500. The first-order valence-corrected chi connectivity index (χ1v) is 7.12. The van der Waals surface area contributed by atoms with Crippen LogP contribution < -0.4 is 5.73 Å². The Balaban J connectivity index is 2.33. The van der Waals surface area contributed by atoms with Crippen LogP contribution >= 0.6 is 11.6 Å². The molecule has 1 aromatic carbocycles. The molecule has 1 aliphatic heterocycles. The second-order valence-electron chi connectivity index (χ2n) is 6.14. The molecular formula is C14H18ClN3O3. The van der Waals surface area contributed by atoms with E-state index in [1.54, 1.807) is 4.90 Å². The smallest absolute Gasteiger partial charge is 0.294 e. The highest BCUT2D eigenvalue weighted by molar-refractivity contribution is 6.34. The van der Waals surface area contributed by atoms with Gasteiger partial charge in [-0.1, -0.05) is 25.4 Å². The lowest BCUT2D eigenvalue weighted by molar-refractivity contribution is -0.383. The molecular weight excluding hydrogens is 294 g/mol. The normalized spacial score (nSPS) is 17.6. The lowest BCUT2D eigenvalue weighted by Gasteiger charge is -2.38. The molecule has 114 valence electrons. The van der Waals surface area contributed by atoms with Crippen LogP contribution in [-0.4, -0.2) is 28.8 Å². The molecule has 1 saturated heterocycles. The van der Waals surface area contributed by atoms with E-state index >= 15 is 0 Å². The lowest BCUT2D eigenvalue weighted by atomic mass is 9.84. The number of halogens is 1. The zero-order chi connectivity index (χ0) is 15.8. The summed E-state index contributed by atoms with van der Waals surface area (Å²) >= 11 is 5.90. The fourth-order valence-electron chi connectivity index (χ4n) is 2.66. The molecule has 2 N–H and O–H groups in total. The molecule has 7 heteroatoms. The van der Waals surface area contributed by atoms with Crippen molar-refractivity contribution < 1.29 is 9.72 Å². The second kappa shape index (κ2) is 5.52. The van der Waals surface area contributed by atoms with Crippen LogP contribution in [0.25, 0.3) is 0 Å². The highest BCUT2D eigenvalue weighted by Crippen LogP contribution is 2.33. The van der Waals surface area contributed by atoms with Gasteiger partial charge in [-0.05, 0) is 24.3 Å². The van der Waals surface area contributed by atoms with Crippen LogP contribution in [0.1, 0.15) is 37.0 Å². The quantitative estimate of drug-likeness (QED) is 0.516. The van der Waals surface area contributed by atoms with E-state index in [1.165, 1.54) is 12.1 Å². The number of nitrogen functional groups attached to an aromatic ring is 1. The van der Waals surface area contributed by atoms with Crippen molar-refractivity contribution >= 4 is 28.9 Å². The van der Waals surface area contributed by atoms with Gasteiger partial charge in [0.15, 0.2) is 0 Å². The summed E-state index contributed by atoms with van der Waals surface area (Å²) in [6.45, 7) is 5.48. The molecule has 0 spiro atoms. The molecule has 0 bridgehead atoms. The standard InChI is InChI=1S/C14H18ClN3O3/c1-14(2)4-3-5-17(8-14)13(19)9-6-10(15)12(16)11(7-9)18(20)21/h6-7H,3-5,8,16H2,1-2H3. The zero-order valence-corrected chi connectivity index (χ0v) is 12.8. The van der Waals surface area contributed by atoms with Crippen LogP contribution in [0.4, 0.5) is 11.4 Å². The molecule has 0 atom stereocenters. The van der Waals surface area contributed by atoms with E-state index in [2.05, 4.69) is 13.8 Å². The van der Waals surface area contributed by atoms with E-state index < -0.39 is 4.92 Å². The number of amides is 1. The van der Waals surface area contributed by atoms with E-state index in [-0.39, 0.29) is 33.3 Å². The third kappa shape index (κ3) is 3.26. The highest BCUT2D eigenvalue weighted by atomic mass is 35.5. The minimum Gasteiger partial charge on any atom is -0.392 e. The number of hydrogen-bond acceptors (Lipinski definition) is 4. The first-order chi connectivity index (χ1) is 9.71. The van der Waals surface area contributed by atoms with Gasteiger partial charge in [0.2, 0.25) is 0 Å². The van der Waals surface area contributed by atoms with Crippen molar-refractivity contribution in [1.29, 1.82) is 0 Å². The molecule has 6 nitrogen and oxygen atoms in total. The van der Waals surface area contributed by atoms with Gasteiger partial charge < -0.3 is 10.6 Å². The van der Waals surface area contributed by atoms with Gasteiger partial charge in [-0.25, -0.2) is 0 Å². The minimum absolute atomic E-state index is 0.0313. The van der Waals surface area contributed by atoms with Crippen LogP contribution in [0.3, 0.4) is 0 Å². The monoisotopic (exact) mass is 311 g/mol. The molecule has 1 aromatic rings. The number of likely N-dealkylation sites (tertiary alicyclic amines) is 1. The Hall–Kier alpha value is -1.82. The van der Waals surface area contributed by atoms with Gasteiger partial charge in [0.1, 0.15) is 5.69 Å². The molecule has 1 fully saturated rings. The van der Waals surface area contributed by atoms with Crippen LogP contribution in [-0.2, 0) is 0 Å². The number of nitrogens with zero attached hydrogens (tertiary/aromatic N) is 2. The Bertz CT molecular complexity index is 601. The van der Waals surface area contributed by atoms with Gasteiger partial charge in [0.05, 0.1) is 9.95 Å². The maximum atomic E-state index is 12.5. The van der Waals surface area contributed by atoms with Crippen LogP contribution in [0.15, 0.2) is 12.1 Å². The third-order valence-corrected chi connectivity index (χ3v) is 4.05. The van der Waals surface area contributed by atoms with Gasteiger partial charge in [0, 0.05) is 24.7 Å². The molecule has 1 amide bonds. The number of nitro groups is 1. The Morgan fingerprint density at radius 1 is 1.48 bits per heavy atom. The van der Waals surface area contributed by atoms with Crippen molar-refractivity contribution in [2.24, 2.45) is 5.41 Å². The van der Waals surface area contributed by atoms with E-state index in [0.717, 1.165) is 12.8 Å². The van der Waals surface area contributed by atoms with Gasteiger partial charge in [-0.3, -0.25) is 14.9 Å². The number of benzene rings is 1. The first kappa shape index (κ1) is 15.6. The van der Waals surface area contributed by atoms with Crippen LogP contribution in [0.2, 0.25) is 5.02 Å². The predicted molar refractivity (Wildman–Crippen MR) is 81.4 cm³/mol. The number of anilines is 1. The Morgan fingerprint density at radius 2 is 2.14 bits per heavy atom. The average Bonchev–Trinajstić information content (AvgIpc) is 2.39. The van der Waals surface area contributed by atoms with Crippen molar-refractivity contribution in [2.75, 3.05) is 18.8 Å². The molecule has 1 aliphatic rings. The van der Waals surface area contributed by atoms with E-state index in [4.69, 9.17) is 17.3 Å². The number of carbonyl (C=O) groups excluding carboxylic acids is 1. The largest absolute Gasteiger partial charge is 0.392 e. The number of hydrogen-bond donors (Lipinski definition) is 1. The predicted octanol–water partition coefficient (Wildman–Crippen LogP) is 3.09. The third-order valence-electron chi connectivity index (χ3n) is 3.74. The van der Waals surface area contributed by atoms with Gasteiger partial charge in [-0.2, -0.15) is 0 Å². The van der Waals surface area contributed by atoms with Crippen LogP contribution in [0.5, 0.6) is 0 Å². The summed E-state index contributed by atoms with van der Waals surface area (Å²) in [5.74, 6) is -0.243. The average molecular weight is 312 g/mol. The second-order valence-corrected chi connectivity index (χ2v) is 6.55. The molecule has 0 saturated carbocycles. The van der Waals surface area contributed by atoms with Crippen molar-refractivity contribution in [3.63, 3.8) is 0 Å². The minimum atomic E-state index is -0.627. The maximum absolute atomic E-state index is 12.5.